The lowest BCUT2D eigenvalue weighted by molar-refractivity contribution is 0.0773. The number of rotatable bonds is 3. The number of hydrogen-bond donors (Lipinski definition) is 2. The molecule has 0 saturated heterocycles. The van der Waals surface area contributed by atoms with E-state index in [1.165, 1.54) is 44.9 Å². The van der Waals surface area contributed by atoms with Crippen LogP contribution in [0.15, 0.2) is 0 Å². The number of nitrogens with one attached hydrogen (secondary N) is 1. The highest BCUT2D eigenvalue weighted by Gasteiger charge is 2.38. The summed E-state index contributed by atoms with van der Waals surface area (Å²) in [6, 6.07) is 0.706. The van der Waals surface area contributed by atoms with Crippen molar-refractivity contribution < 1.29 is 5.11 Å². The Labute approximate surface area is 74.4 Å². The predicted octanol–water partition coefficient (Wildman–Crippen LogP) is 1.43. The maximum absolute atomic E-state index is 9.23. The van der Waals surface area contributed by atoms with Gasteiger partial charge in [-0.2, -0.15) is 0 Å². The van der Waals surface area contributed by atoms with Crippen molar-refractivity contribution >= 4 is 0 Å². The summed E-state index contributed by atoms with van der Waals surface area (Å²) in [6.45, 7) is 0.337. The van der Waals surface area contributed by atoms with Crippen LogP contribution in [0.5, 0.6) is 0 Å². The highest BCUT2D eigenvalue weighted by molar-refractivity contribution is 4.98. The maximum Gasteiger partial charge on any atom is 0.0613 e. The fourth-order valence-electron chi connectivity index (χ4n) is 2.45. The summed E-state index contributed by atoms with van der Waals surface area (Å²) in [5.41, 5.74) is 0.134. The van der Waals surface area contributed by atoms with Gasteiger partial charge in [-0.1, -0.05) is 12.8 Å². The van der Waals surface area contributed by atoms with Crippen LogP contribution in [0.1, 0.15) is 44.9 Å². The maximum atomic E-state index is 9.23. The van der Waals surface area contributed by atoms with Crippen LogP contribution >= 0.6 is 0 Å². The monoisotopic (exact) mass is 169 g/mol. The molecular weight excluding hydrogens is 150 g/mol. The zero-order valence-corrected chi connectivity index (χ0v) is 7.68. The van der Waals surface area contributed by atoms with Crippen LogP contribution in [-0.2, 0) is 0 Å². The van der Waals surface area contributed by atoms with E-state index in [9.17, 15) is 5.11 Å². The molecule has 2 fully saturated rings. The molecule has 0 aromatic heterocycles. The van der Waals surface area contributed by atoms with Gasteiger partial charge in [-0.25, -0.2) is 0 Å². The number of aliphatic hydroxyl groups excluding tert-OH is 1. The molecule has 0 amide bonds. The number of hydrogen-bond acceptors (Lipinski definition) is 2. The Bertz CT molecular complexity index is 142. The van der Waals surface area contributed by atoms with Crippen molar-refractivity contribution in [2.45, 2.75) is 56.5 Å². The Kier molecular flexibility index (Phi) is 2.37. The van der Waals surface area contributed by atoms with E-state index in [4.69, 9.17) is 0 Å². The molecule has 2 heteroatoms. The highest BCUT2D eigenvalue weighted by Crippen LogP contribution is 2.33. The van der Waals surface area contributed by atoms with Crippen molar-refractivity contribution in [2.75, 3.05) is 6.61 Å². The van der Waals surface area contributed by atoms with Gasteiger partial charge in [-0.15, -0.1) is 0 Å². The van der Waals surface area contributed by atoms with Crippen molar-refractivity contribution in [3.8, 4) is 0 Å². The van der Waals surface area contributed by atoms with E-state index >= 15 is 0 Å². The Morgan fingerprint density at radius 2 is 1.83 bits per heavy atom. The molecule has 0 aromatic carbocycles. The van der Waals surface area contributed by atoms with Crippen LogP contribution in [0.2, 0.25) is 0 Å². The van der Waals surface area contributed by atoms with Crippen molar-refractivity contribution in [2.24, 2.45) is 0 Å². The highest BCUT2D eigenvalue weighted by atomic mass is 16.3. The smallest absolute Gasteiger partial charge is 0.0613 e. The molecule has 2 aliphatic carbocycles. The van der Waals surface area contributed by atoms with Gasteiger partial charge >= 0.3 is 0 Å². The molecule has 2 nitrogen and oxygen atoms in total. The van der Waals surface area contributed by atoms with E-state index < -0.39 is 0 Å². The first-order valence-electron chi connectivity index (χ1n) is 5.23. The van der Waals surface area contributed by atoms with Gasteiger partial charge in [0.1, 0.15) is 0 Å². The van der Waals surface area contributed by atoms with Crippen molar-refractivity contribution in [1.29, 1.82) is 0 Å². The fraction of sp³-hybridized carbons (Fsp3) is 1.00. The molecule has 12 heavy (non-hydrogen) atoms. The van der Waals surface area contributed by atoms with Gasteiger partial charge in [0.05, 0.1) is 6.61 Å². The zero-order chi connectivity index (χ0) is 8.44. The summed E-state index contributed by atoms with van der Waals surface area (Å²) in [4.78, 5) is 0. The molecule has 0 aliphatic heterocycles. The first-order chi connectivity index (χ1) is 5.85. The zero-order valence-electron chi connectivity index (χ0n) is 7.68. The Morgan fingerprint density at radius 3 is 2.25 bits per heavy atom. The summed E-state index contributed by atoms with van der Waals surface area (Å²) < 4.78 is 0. The standard InChI is InChI=1S/C10H19NO/c12-8-10(6-3-7-10)11-9-4-1-2-5-9/h9,11-12H,1-8H2. The Morgan fingerprint density at radius 1 is 1.17 bits per heavy atom. The number of aliphatic hydroxyl groups is 1. The lowest BCUT2D eigenvalue weighted by Crippen LogP contribution is -2.56. The summed E-state index contributed by atoms with van der Waals surface area (Å²) in [7, 11) is 0. The van der Waals surface area contributed by atoms with Crippen molar-refractivity contribution in [1.82, 2.24) is 5.32 Å². The minimum Gasteiger partial charge on any atom is -0.394 e. The molecule has 2 saturated carbocycles. The topological polar surface area (TPSA) is 32.3 Å². The minimum absolute atomic E-state index is 0.134. The molecule has 0 bridgehead atoms. The average Bonchev–Trinajstić information content (AvgIpc) is 2.49. The predicted molar refractivity (Wildman–Crippen MR) is 49.1 cm³/mol. The van der Waals surface area contributed by atoms with Crippen LogP contribution in [0.3, 0.4) is 0 Å². The van der Waals surface area contributed by atoms with Gasteiger partial charge < -0.3 is 10.4 Å². The van der Waals surface area contributed by atoms with Crippen LogP contribution in [0.4, 0.5) is 0 Å². The molecule has 0 spiro atoms. The first kappa shape index (κ1) is 8.52. The quantitative estimate of drug-likeness (QED) is 0.670. The van der Waals surface area contributed by atoms with E-state index in [-0.39, 0.29) is 5.54 Å². The van der Waals surface area contributed by atoms with Crippen molar-refractivity contribution in [3.05, 3.63) is 0 Å². The fourth-order valence-corrected chi connectivity index (χ4v) is 2.45. The molecular formula is C10H19NO. The molecule has 0 unspecified atom stereocenters. The van der Waals surface area contributed by atoms with Gasteiger partial charge in [0, 0.05) is 11.6 Å². The molecule has 2 rings (SSSR count). The molecule has 0 heterocycles. The first-order valence-corrected chi connectivity index (χ1v) is 5.23. The van der Waals surface area contributed by atoms with Crippen LogP contribution in [0.25, 0.3) is 0 Å². The third-order valence-electron chi connectivity index (χ3n) is 3.48. The second-order valence-corrected chi connectivity index (χ2v) is 4.42. The van der Waals surface area contributed by atoms with Gasteiger partial charge in [0.25, 0.3) is 0 Å². The van der Waals surface area contributed by atoms with Crippen LogP contribution in [0, 0.1) is 0 Å². The molecule has 0 aromatic rings. The summed E-state index contributed by atoms with van der Waals surface area (Å²) >= 11 is 0. The molecule has 2 aliphatic rings. The molecule has 70 valence electrons. The SMILES string of the molecule is OCC1(NC2CCCC2)CCC1. The summed E-state index contributed by atoms with van der Waals surface area (Å²) in [6.07, 6.45) is 9.04. The molecule has 0 radical (unpaired) electrons. The van der Waals surface area contributed by atoms with E-state index in [0.717, 1.165) is 0 Å². The largest absolute Gasteiger partial charge is 0.394 e. The third-order valence-corrected chi connectivity index (χ3v) is 3.48. The van der Waals surface area contributed by atoms with Crippen molar-refractivity contribution in [3.63, 3.8) is 0 Å². The van der Waals surface area contributed by atoms with Gasteiger partial charge in [-0.3, -0.25) is 0 Å². The Hall–Kier alpha value is -0.0800. The average molecular weight is 169 g/mol. The van der Waals surface area contributed by atoms with Gasteiger partial charge in [0.2, 0.25) is 0 Å². The van der Waals surface area contributed by atoms with Crippen LogP contribution < -0.4 is 5.32 Å². The Balaban J connectivity index is 1.83. The molecule has 2 N–H and O–H groups in total. The van der Waals surface area contributed by atoms with E-state index in [0.29, 0.717) is 12.6 Å². The van der Waals surface area contributed by atoms with Crippen LogP contribution in [-0.4, -0.2) is 23.3 Å². The van der Waals surface area contributed by atoms with E-state index in [2.05, 4.69) is 5.32 Å². The van der Waals surface area contributed by atoms with Gasteiger partial charge in [0.15, 0.2) is 0 Å². The van der Waals surface area contributed by atoms with Gasteiger partial charge in [-0.05, 0) is 32.1 Å². The second kappa shape index (κ2) is 3.35. The normalized spacial score (nSPS) is 28.8. The third kappa shape index (κ3) is 1.50. The summed E-state index contributed by atoms with van der Waals surface area (Å²) in [5, 5.41) is 12.9. The summed E-state index contributed by atoms with van der Waals surface area (Å²) in [5.74, 6) is 0. The van der Waals surface area contributed by atoms with E-state index in [1.54, 1.807) is 0 Å². The minimum atomic E-state index is 0.134. The second-order valence-electron chi connectivity index (χ2n) is 4.42. The van der Waals surface area contributed by atoms with E-state index in [1.807, 2.05) is 0 Å². The molecule has 0 atom stereocenters. The lowest BCUT2D eigenvalue weighted by Gasteiger charge is -2.43. The lowest BCUT2D eigenvalue weighted by atomic mass is 9.77.